The maximum atomic E-state index is 10.9. The van der Waals surface area contributed by atoms with Crippen LogP contribution in [0.25, 0.3) is 0 Å². The first-order valence-electron chi connectivity index (χ1n) is 14.1. The highest BCUT2D eigenvalue weighted by molar-refractivity contribution is 5.80. The second kappa shape index (κ2) is 13.8. The molecule has 6 rings (SSSR count). The molecule has 6 aromatic rings. The van der Waals surface area contributed by atoms with Crippen LogP contribution in [0.15, 0.2) is 164 Å². The van der Waals surface area contributed by atoms with Gasteiger partial charge in [-0.3, -0.25) is 4.79 Å². The van der Waals surface area contributed by atoms with E-state index >= 15 is 0 Å². The van der Waals surface area contributed by atoms with Gasteiger partial charge in [0.15, 0.2) is 0 Å². The molecule has 0 heterocycles. The van der Waals surface area contributed by atoms with Gasteiger partial charge >= 0.3 is 0 Å². The number of hydrogen-bond donors (Lipinski definition) is 0. The van der Waals surface area contributed by atoms with Gasteiger partial charge < -0.3 is 9.80 Å². The molecule has 0 unspecified atom stereocenters. The van der Waals surface area contributed by atoms with Gasteiger partial charge in [0, 0.05) is 39.7 Å². The Hall–Kier alpha value is -5.41. The fraction of sp³-hybridized carbons (Fsp3) is 0.0513. The summed E-state index contributed by atoms with van der Waals surface area (Å²) in [6.07, 6.45) is 0.864. The van der Waals surface area contributed by atoms with Crippen LogP contribution in [0, 0.1) is 13.8 Å². The molecule has 3 nitrogen and oxygen atoms in total. The molecule has 0 aromatic heterocycles. The van der Waals surface area contributed by atoms with Crippen LogP contribution in [0.2, 0.25) is 0 Å². The Bertz CT molecular complexity index is 1630. The summed E-state index contributed by atoms with van der Waals surface area (Å²) in [5.41, 5.74) is 9.91. The normalized spacial score (nSPS) is 10.2. The molecule has 0 radical (unpaired) electrons. The maximum Gasteiger partial charge on any atom is 0.150 e. The summed E-state index contributed by atoms with van der Waals surface area (Å²) in [5.74, 6) is 0. The molecular formula is C39H34N2O. The Balaban J connectivity index is 0.000000169. The maximum absolute atomic E-state index is 10.9. The van der Waals surface area contributed by atoms with Gasteiger partial charge in [-0.2, -0.15) is 0 Å². The van der Waals surface area contributed by atoms with Crippen molar-refractivity contribution in [3.05, 3.63) is 180 Å². The number of aldehydes is 1. The van der Waals surface area contributed by atoms with Gasteiger partial charge in [0.1, 0.15) is 6.29 Å². The highest BCUT2D eigenvalue weighted by atomic mass is 16.1. The van der Waals surface area contributed by atoms with Crippen molar-refractivity contribution in [2.45, 2.75) is 13.8 Å². The average molecular weight is 547 g/mol. The van der Waals surface area contributed by atoms with Crippen molar-refractivity contribution in [1.82, 2.24) is 0 Å². The molecule has 0 atom stereocenters. The van der Waals surface area contributed by atoms with Gasteiger partial charge in [0.05, 0.1) is 0 Å². The summed E-state index contributed by atoms with van der Waals surface area (Å²) in [6, 6.07) is 55.8. The van der Waals surface area contributed by atoms with Gasteiger partial charge in [-0.05, 0) is 98.8 Å². The molecule has 0 saturated heterocycles. The minimum Gasteiger partial charge on any atom is -0.311 e. The molecule has 0 bridgehead atoms. The van der Waals surface area contributed by atoms with Gasteiger partial charge in [-0.1, -0.05) is 90.0 Å². The molecule has 0 saturated carbocycles. The van der Waals surface area contributed by atoms with E-state index < -0.39 is 0 Å². The Kier molecular flexibility index (Phi) is 9.23. The van der Waals surface area contributed by atoms with Gasteiger partial charge in [0.2, 0.25) is 0 Å². The highest BCUT2D eigenvalue weighted by Gasteiger charge is 2.12. The first kappa shape index (κ1) is 28.1. The van der Waals surface area contributed by atoms with Crippen molar-refractivity contribution in [2.24, 2.45) is 0 Å². The minimum absolute atomic E-state index is 0.681. The zero-order valence-corrected chi connectivity index (χ0v) is 24.0. The van der Waals surface area contributed by atoms with E-state index in [0.29, 0.717) is 5.56 Å². The second-order valence-corrected chi connectivity index (χ2v) is 10.1. The first-order valence-corrected chi connectivity index (χ1v) is 14.1. The van der Waals surface area contributed by atoms with Crippen LogP contribution >= 0.6 is 0 Å². The number of nitrogens with zero attached hydrogens (tertiary/aromatic N) is 2. The summed E-state index contributed by atoms with van der Waals surface area (Å²) in [6.45, 7) is 4.19. The van der Waals surface area contributed by atoms with Crippen LogP contribution in [0.3, 0.4) is 0 Å². The van der Waals surface area contributed by atoms with Crippen molar-refractivity contribution in [2.75, 3.05) is 9.80 Å². The third kappa shape index (κ3) is 7.01. The van der Waals surface area contributed by atoms with Crippen molar-refractivity contribution in [3.8, 4) is 0 Å². The van der Waals surface area contributed by atoms with Crippen LogP contribution in [0.4, 0.5) is 34.1 Å². The Morgan fingerprint density at radius 3 is 0.905 bits per heavy atom. The predicted octanol–water partition coefficient (Wildman–Crippen LogP) is 10.7. The summed E-state index contributed by atoms with van der Waals surface area (Å²) in [4.78, 5) is 15.3. The van der Waals surface area contributed by atoms with Gasteiger partial charge in [-0.15, -0.1) is 0 Å². The fourth-order valence-corrected chi connectivity index (χ4v) is 4.72. The lowest BCUT2D eigenvalue weighted by atomic mass is 10.1. The zero-order valence-electron chi connectivity index (χ0n) is 24.0. The highest BCUT2D eigenvalue weighted by Crippen LogP contribution is 2.35. The SMILES string of the molecule is Cc1ccc(N(c2ccccc2)c2ccc(C=O)cc2)cc1.Cc1ccc(N(c2ccccc2)c2ccccc2)cc1. The van der Waals surface area contributed by atoms with Crippen LogP contribution in [-0.4, -0.2) is 6.29 Å². The number of hydrogen-bond acceptors (Lipinski definition) is 3. The third-order valence-corrected chi connectivity index (χ3v) is 6.91. The topological polar surface area (TPSA) is 23.6 Å². The van der Waals surface area contributed by atoms with E-state index in [4.69, 9.17) is 0 Å². The number of benzene rings is 6. The molecule has 0 aliphatic heterocycles. The van der Waals surface area contributed by atoms with E-state index in [1.54, 1.807) is 0 Å². The molecule has 42 heavy (non-hydrogen) atoms. The van der Waals surface area contributed by atoms with Crippen LogP contribution < -0.4 is 9.80 Å². The lowest BCUT2D eigenvalue weighted by Crippen LogP contribution is -2.09. The second-order valence-electron chi connectivity index (χ2n) is 10.1. The number of anilines is 6. The van der Waals surface area contributed by atoms with Crippen molar-refractivity contribution < 1.29 is 4.79 Å². The molecule has 0 fully saturated rings. The standard InChI is InChI=1S/C20H17NO.C19H17N/c1-16-7-11-19(12-8-16)21(18-5-3-2-4-6-18)20-13-9-17(15-22)10-14-20;1-16-12-14-19(15-13-16)20(17-8-4-2-5-9-17)18-10-6-3-7-11-18/h2-15H,1H3;2-15H,1H3. The Labute approximate surface area is 248 Å². The fourth-order valence-electron chi connectivity index (χ4n) is 4.72. The van der Waals surface area contributed by atoms with Gasteiger partial charge in [-0.25, -0.2) is 0 Å². The summed E-state index contributed by atoms with van der Waals surface area (Å²) >= 11 is 0. The molecule has 0 aliphatic rings. The minimum atomic E-state index is 0.681. The molecule has 6 aromatic carbocycles. The van der Waals surface area contributed by atoms with Crippen LogP contribution in [0.5, 0.6) is 0 Å². The first-order chi connectivity index (χ1) is 20.6. The third-order valence-electron chi connectivity index (χ3n) is 6.91. The smallest absolute Gasteiger partial charge is 0.150 e. The van der Waals surface area contributed by atoms with Crippen molar-refractivity contribution >= 4 is 40.4 Å². The zero-order chi connectivity index (χ0) is 29.1. The molecule has 3 heteroatoms. The number of carbonyl (C=O) groups is 1. The quantitative estimate of drug-likeness (QED) is 0.186. The van der Waals surface area contributed by atoms with Crippen molar-refractivity contribution in [1.29, 1.82) is 0 Å². The molecule has 0 N–H and O–H groups in total. The van der Waals surface area contributed by atoms with E-state index in [1.807, 2.05) is 54.6 Å². The molecule has 206 valence electrons. The average Bonchev–Trinajstić information content (AvgIpc) is 3.05. The number of para-hydroxylation sites is 3. The molecule has 0 amide bonds. The number of carbonyl (C=O) groups excluding carboxylic acids is 1. The number of aryl methyl sites for hydroxylation is 2. The molecular weight excluding hydrogens is 512 g/mol. The van der Waals surface area contributed by atoms with Crippen LogP contribution in [0.1, 0.15) is 21.5 Å². The summed E-state index contributed by atoms with van der Waals surface area (Å²) in [5, 5.41) is 0. The van der Waals surface area contributed by atoms with E-state index in [-0.39, 0.29) is 0 Å². The van der Waals surface area contributed by atoms with E-state index in [1.165, 1.54) is 28.2 Å². The van der Waals surface area contributed by atoms with E-state index in [0.717, 1.165) is 23.3 Å². The van der Waals surface area contributed by atoms with E-state index in [9.17, 15) is 4.79 Å². The Morgan fingerprint density at radius 1 is 0.357 bits per heavy atom. The number of rotatable bonds is 7. The molecule has 0 spiro atoms. The summed E-state index contributed by atoms with van der Waals surface area (Å²) in [7, 11) is 0. The monoisotopic (exact) mass is 546 g/mol. The van der Waals surface area contributed by atoms with E-state index in [2.05, 4.69) is 133 Å². The molecule has 0 aliphatic carbocycles. The lowest BCUT2D eigenvalue weighted by Gasteiger charge is -2.25. The van der Waals surface area contributed by atoms with Crippen molar-refractivity contribution in [3.63, 3.8) is 0 Å². The van der Waals surface area contributed by atoms with Crippen LogP contribution in [-0.2, 0) is 0 Å². The largest absolute Gasteiger partial charge is 0.311 e. The summed E-state index contributed by atoms with van der Waals surface area (Å²) < 4.78 is 0. The van der Waals surface area contributed by atoms with Gasteiger partial charge in [0.25, 0.3) is 0 Å². The Morgan fingerprint density at radius 2 is 0.619 bits per heavy atom. The lowest BCUT2D eigenvalue weighted by molar-refractivity contribution is 0.112. The predicted molar refractivity (Wildman–Crippen MR) is 177 cm³/mol.